The van der Waals surface area contributed by atoms with Crippen LogP contribution in [0.3, 0.4) is 0 Å². The number of nitrogens with zero attached hydrogens (tertiary/aromatic N) is 2. The maximum atomic E-state index is 15.3. The van der Waals surface area contributed by atoms with Crippen molar-refractivity contribution in [2.45, 2.75) is 24.2 Å². The van der Waals surface area contributed by atoms with Crippen molar-refractivity contribution >= 4 is 64.2 Å². The summed E-state index contributed by atoms with van der Waals surface area (Å²) in [4.78, 5) is 72.5. The summed E-state index contributed by atoms with van der Waals surface area (Å²) in [7, 11) is 0. The number of benzene rings is 4. The van der Waals surface area contributed by atoms with Gasteiger partial charge in [0.1, 0.15) is 5.75 Å². The van der Waals surface area contributed by atoms with Crippen LogP contribution in [0.5, 0.6) is 5.75 Å². The van der Waals surface area contributed by atoms with Gasteiger partial charge in [-0.15, -0.1) is 0 Å². The zero-order valence-corrected chi connectivity index (χ0v) is 27.7. The Morgan fingerprint density at radius 2 is 1.48 bits per heavy atom. The van der Waals surface area contributed by atoms with Gasteiger partial charge in [0.15, 0.2) is 0 Å². The molecule has 2 aliphatic heterocycles. The van der Waals surface area contributed by atoms with Crippen LogP contribution in [0.15, 0.2) is 109 Å². The number of carbonyl (C=O) groups is 5. The largest absolute Gasteiger partial charge is 0.508 e. The third-order valence-electron chi connectivity index (χ3n) is 10.8. The number of allylic oxidation sites excluding steroid dienone is 2. The first-order valence-electron chi connectivity index (χ1n) is 16.1. The Morgan fingerprint density at radius 3 is 2.18 bits per heavy atom. The number of halogens is 2. The minimum atomic E-state index is -1.52. The van der Waals surface area contributed by atoms with E-state index in [1.165, 1.54) is 41.3 Å². The van der Waals surface area contributed by atoms with Crippen LogP contribution in [0.25, 0.3) is 0 Å². The fourth-order valence-corrected chi connectivity index (χ4v) is 9.34. The number of carboxylic acid groups (broad SMARTS) is 1. The highest BCUT2D eigenvalue weighted by Crippen LogP contribution is 2.65. The molecule has 4 aliphatic rings. The molecule has 0 aromatic heterocycles. The van der Waals surface area contributed by atoms with Gasteiger partial charge >= 0.3 is 5.97 Å². The zero-order chi connectivity index (χ0) is 35.1. The smallest absolute Gasteiger partial charge is 0.335 e. The summed E-state index contributed by atoms with van der Waals surface area (Å²) in [6.45, 7) is 0. The fraction of sp³-hybridized carbons (Fsp3) is 0.205. The molecule has 2 aliphatic carbocycles. The molecule has 50 heavy (non-hydrogen) atoms. The van der Waals surface area contributed by atoms with E-state index < -0.39 is 64.6 Å². The molecular formula is C39H28Cl2N2O7. The van der Waals surface area contributed by atoms with Gasteiger partial charge in [-0.3, -0.25) is 24.1 Å². The van der Waals surface area contributed by atoms with Gasteiger partial charge in [0.05, 0.1) is 40.1 Å². The molecule has 4 aromatic carbocycles. The zero-order valence-electron chi connectivity index (χ0n) is 26.2. The lowest BCUT2D eigenvalue weighted by atomic mass is 9.49. The van der Waals surface area contributed by atoms with Gasteiger partial charge in [0.2, 0.25) is 23.6 Å². The minimum Gasteiger partial charge on any atom is -0.508 e. The molecule has 8 rings (SSSR count). The highest BCUT2D eigenvalue weighted by atomic mass is 35.5. The summed E-state index contributed by atoms with van der Waals surface area (Å²) in [6.07, 6.45) is 2.17. The minimum absolute atomic E-state index is 0.0692. The Balaban J connectivity index is 1.34. The van der Waals surface area contributed by atoms with Crippen LogP contribution in [-0.2, 0) is 24.6 Å². The van der Waals surface area contributed by atoms with E-state index >= 15 is 4.79 Å². The average molecular weight is 708 g/mol. The van der Waals surface area contributed by atoms with Crippen LogP contribution >= 0.6 is 23.2 Å². The van der Waals surface area contributed by atoms with Crippen molar-refractivity contribution in [2.75, 3.05) is 9.80 Å². The van der Waals surface area contributed by atoms with Crippen LogP contribution in [-0.4, -0.2) is 39.8 Å². The first kappa shape index (κ1) is 32.0. The summed E-state index contributed by atoms with van der Waals surface area (Å²) in [5.41, 5.74) is 0.656. The number of imide groups is 2. The normalized spacial score (nSPS) is 27.2. The number of aromatic carboxylic acids is 1. The van der Waals surface area contributed by atoms with Crippen molar-refractivity contribution in [3.05, 3.63) is 135 Å². The Labute approximate surface area is 296 Å². The fourth-order valence-electron chi connectivity index (χ4n) is 8.87. The van der Waals surface area contributed by atoms with E-state index in [1.807, 2.05) is 24.3 Å². The number of hydrogen-bond acceptors (Lipinski definition) is 6. The number of amides is 4. The van der Waals surface area contributed by atoms with E-state index in [9.17, 15) is 29.4 Å². The predicted octanol–water partition coefficient (Wildman–Crippen LogP) is 6.76. The Bertz CT molecular complexity index is 2190. The predicted molar refractivity (Wildman–Crippen MR) is 185 cm³/mol. The van der Waals surface area contributed by atoms with Gasteiger partial charge in [-0.2, -0.15) is 0 Å². The van der Waals surface area contributed by atoms with Crippen LogP contribution in [0.1, 0.15) is 40.2 Å². The van der Waals surface area contributed by atoms with Gasteiger partial charge in [0, 0.05) is 16.0 Å². The standard InChI is InChI=1S/C39H28Cl2N2O7/c40-22-9-5-11-24(17-22)43-35(46)30-19-29-26(14-15-28-32(29)36(47)42(34(28)45)23-10-4-6-20(16-23)37(48)49)33(27-13-12-25(44)18-31(27)41)39(30,38(43)50)21-7-2-1-3-8-21/h1-14,16-18,28-30,32-33,44H,15,19H2,(H,48,49). The highest BCUT2D eigenvalue weighted by molar-refractivity contribution is 6.33. The molecule has 1 saturated carbocycles. The molecule has 0 radical (unpaired) electrons. The topological polar surface area (TPSA) is 132 Å². The first-order chi connectivity index (χ1) is 24.0. The Hall–Kier alpha value is -5.25. The molecule has 2 saturated heterocycles. The Morgan fingerprint density at radius 1 is 0.760 bits per heavy atom. The van der Waals surface area contributed by atoms with E-state index in [0.29, 0.717) is 27.4 Å². The number of anilines is 2. The summed E-state index contributed by atoms with van der Waals surface area (Å²) >= 11 is 13.3. The summed E-state index contributed by atoms with van der Waals surface area (Å²) in [6, 6.07) is 25.8. The van der Waals surface area contributed by atoms with Crippen molar-refractivity contribution in [1.29, 1.82) is 0 Å². The maximum absolute atomic E-state index is 15.3. The summed E-state index contributed by atoms with van der Waals surface area (Å²) < 4.78 is 0. The van der Waals surface area contributed by atoms with Gasteiger partial charge in [-0.05, 0) is 78.4 Å². The molecule has 3 fully saturated rings. The van der Waals surface area contributed by atoms with E-state index in [4.69, 9.17) is 23.2 Å². The first-order valence-corrected chi connectivity index (χ1v) is 16.9. The molecule has 2 heterocycles. The summed E-state index contributed by atoms with van der Waals surface area (Å²) in [5.74, 6) is -7.32. The molecule has 6 unspecified atom stereocenters. The summed E-state index contributed by atoms with van der Waals surface area (Å²) in [5, 5.41) is 20.5. The lowest BCUT2D eigenvalue weighted by Crippen LogP contribution is -2.53. The molecule has 4 amide bonds. The van der Waals surface area contributed by atoms with Crippen molar-refractivity contribution in [3.63, 3.8) is 0 Å². The van der Waals surface area contributed by atoms with Gasteiger partial charge < -0.3 is 10.2 Å². The van der Waals surface area contributed by atoms with Crippen LogP contribution < -0.4 is 9.80 Å². The van der Waals surface area contributed by atoms with E-state index in [0.717, 1.165) is 4.90 Å². The van der Waals surface area contributed by atoms with Gasteiger partial charge in [-0.25, -0.2) is 9.69 Å². The maximum Gasteiger partial charge on any atom is 0.335 e. The second-order valence-corrected chi connectivity index (χ2v) is 14.0. The Kier molecular flexibility index (Phi) is 7.47. The lowest BCUT2D eigenvalue weighted by Gasteiger charge is -2.51. The van der Waals surface area contributed by atoms with Crippen molar-refractivity contribution in [2.24, 2.45) is 23.7 Å². The molecule has 11 heteroatoms. The van der Waals surface area contributed by atoms with E-state index in [-0.39, 0.29) is 34.9 Å². The quantitative estimate of drug-likeness (QED) is 0.173. The highest BCUT2D eigenvalue weighted by Gasteiger charge is 2.70. The number of aromatic hydroxyl groups is 1. The van der Waals surface area contributed by atoms with E-state index in [1.54, 1.807) is 42.5 Å². The molecule has 0 spiro atoms. The number of rotatable bonds is 5. The molecule has 250 valence electrons. The van der Waals surface area contributed by atoms with Crippen molar-refractivity contribution < 1.29 is 34.2 Å². The van der Waals surface area contributed by atoms with Crippen LogP contribution in [0.2, 0.25) is 10.0 Å². The number of phenolic OH excluding ortho intramolecular Hbond substituents is 1. The third-order valence-corrected chi connectivity index (χ3v) is 11.4. The number of carboxylic acids is 1. The van der Waals surface area contributed by atoms with Crippen molar-refractivity contribution in [1.82, 2.24) is 0 Å². The van der Waals surface area contributed by atoms with Gasteiger partial charge in [-0.1, -0.05) is 83.4 Å². The monoisotopic (exact) mass is 706 g/mol. The number of phenols is 1. The molecule has 2 N–H and O–H groups in total. The van der Waals surface area contributed by atoms with E-state index in [2.05, 4.69) is 0 Å². The number of carbonyl (C=O) groups excluding carboxylic acids is 4. The SMILES string of the molecule is O=C(O)c1cccc(N2C(=O)C3CC=C4C(CC5C(=O)N(c6cccc(Cl)c6)C(=O)C5(c5ccccc5)C4c4ccc(O)cc4Cl)C3C2=O)c1. The third kappa shape index (κ3) is 4.50. The van der Waals surface area contributed by atoms with Crippen molar-refractivity contribution in [3.8, 4) is 5.75 Å². The average Bonchev–Trinajstić information content (AvgIpc) is 3.49. The molecule has 6 atom stereocenters. The lowest BCUT2D eigenvalue weighted by molar-refractivity contribution is -0.127. The second-order valence-electron chi connectivity index (χ2n) is 13.2. The van der Waals surface area contributed by atoms with Crippen LogP contribution in [0.4, 0.5) is 11.4 Å². The molecule has 4 aromatic rings. The number of fused-ring (bicyclic) bond motifs is 4. The molecule has 9 nitrogen and oxygen atoms in total. The molecule has 0 bridgehead atoms. The van der Waals surface area contributed by atoms with Crippen LogP contribution in [0, 0.1) is 23.7 Å². The second kappa shape index (κ2) is 11.7. The molecular weight excluding hydrogens is 679 g/mol. The number of hydrogen-bond donors (Lipinski definition) is 2. The van der Waals surface area contributed by atoms with Gasteiger partial charge in [0.25, 0.3) is 0 Å².